The van der Waals surface area contributed by atoms with Crippen molar-refractivity contribution in [2.75, 3.05) is 30.6 Å². The molecule has 1 amide bonds. The zero-order chi connectivity index (χ0) is 20.6. The lowest BCUT2D eigenvalue weighted by Crippen LogP contribution is -2.31. The Labute approximate surface area is 171 Å². The number of rotatable bonds is 10. The van der Waals surface area contributed by atoms with Gasteiger partial charge in [-0.05, 0) is 50.6 Å². The molecule has 1 atom stereocenters. The van der Waals surface area contributed by atoms with Gasteiger partial charge in [0.2, 0.25) is 12.7 Å². The van der Waals surface area contributed by atoms with Gasteiger partial charge >= 0.3 is 0 Å². The van der Waals surface area contributed by atoms with Gasteiger partial charge in [0, 0.05) is 17.4 Å². The predicted octanol–water partition coefficient (Wildman–Crippen LogP) is 3.80. The second kappa shape index (κ2) is 10.1. The smallest absolute Gasteiger partial charge is 0.246 e. The van der Waals surface area contributed by atoms with Crippen LogP contribution in [0, 0.1) is 0 Å². The largest absolute Gasteiger partial charge is 0.454 e. The Morgan fingerprint density at radius 2 is 1.86 bits per heavy atom. The van der Waals surface area contributed by atoms with Crippen LogP contribution in [0.15, 0.2) is 42.5 Å². The molecule has 0 spiro atoms. The zero-order valence-electron chi connectivity index (χ0n) is 17.1. The van der Waals surface area contributed by atoms with Gasteiger partial charge in [0.25, 0.3) is 0 Å². The Hall–Kier alpha value is -2.77. The van der Waals surface area contributed by atoms with Crippen LogP contribution in [0.3, 0.4) is 0 Å². The van der Waals surface area contributed by atoms with Crippen LogP contribution in [0.25, 0.3) is 0 Å². The Morgan fingerprint density at radius 1 is 1.03 bits per heavy atom. The maximum atomic E-state index is 12.5. The summed E-state index contributed by atoms with van der Waals surface area (Å²) in [6.45, 7) is 7.63. The number of hydrogen-bond acceptors (Lipinski definition) is 6. The van der Waals surface area contributed by atoms with E-state index in [0.717, 1.165) is 11.3 Å². The second-order valence-electron chi connectivity index (χ2n) is 7.10. The van der Waals surface area contributed by atoms with Gasteiger partial charge in [0.15, 0.2) is 11.5 Å². The summed E-state index contributed by atoms with van der Waals surface area (Å²) in [5, 5.41) is 6.11. The number of fused-ring (bicyclic) bond motifs is 1. The molecule has 7 nitrogen and oxygen atoms in total. The first-order valence-corrected chi connectivity index (χ1v) is 9.76. The lowest BCUT2D eigenvalue weighted by molar-refractivity contribution is -0.116. The van der Waals surface area contributed by atoms with Gasteiger partial charge in [0.1, 0.15) is 6.04 Å². The van der Waals surface area contributed by atoms with Crippen molar-refractivity contribution in [1.82, 2.24) is 0 Å². The first-order chi connectivity index (χ1) is 14.0. The summed E-state index contributed by atoms with van der Waals surface area (Å²) in [6.07, 6.45) is 0.205. The zero-order valence-corrected chi connectivity index (χ0v) is 17.1. The van der Waals surface area contributed by atoms with Gasteiger partial charge in [0.05, 0.1) is 25.9 Å². The topological polar surface area (TPSA) is 78.1 Å². The van der Waals surface area contributed by atoms with E-state index in [4.69, 9.17) is 18.9 Å². The van der Waals surface area contributed by atoms with E-state index in [-0.39, 0.29) is 18.8 Å². The van der Waals surface area contributed by atoms with Crippen LogP contribution in [-0.4, -0.2) is 38.1 Å². The summed E-state index contributed by atoms with van der Waals surface area (Å²) in [7, 11) is 0. The highest BCUT2D eigenvalue weighted by atomic mass is 16.7. The molecule has 2 N–H and O–H groups in total. The minimum absolute atomic E-state index is 0.142. The van der Waals surface area contributed by atoms with Crippen molar-refractivity contribution in [3.05, 3.63) is 48.0 Å². The first kappa shape index (κ1) is 21.0. The summed E-state index contributed by atoms with van der Waals surface area (Å²) < 4.78 is 21.7. The van der Waals surface area contributed by atoms with E-state index in [9.17, 15) is 4.79 Å². The summed E-state index contributed by atoms with van der Waals surface area (Å²) in [5.74, 6) is 1.18. The van der Waals surface area contributed by atoms with Crippen LogP contribution in [0.2, 0.25) is 0 Å². The maximum Gasteiger partial charge on any atom is 0.246 e. The molecule has 3 rings (SSSR count). The minimum atomic E-state index is -0.420. The second-order valence-corrected chi connectivity index (χ2v) is 7.10. The van der Waals surface area contributed by atoms with E-state index >= 15 is 0 Å². The lowest BCUT2D eigenvalue weighted by Gasteiger charge is -2.16. The van der Waals surface area contributed by atoms with Gasteiger partial charge in [-0.3, -0.25) is 4.79 Å². The number of carbonyl (C=O) groups excluding carboxylic acids is 1. The standard InChI is InChI=1S/C22H28N2O5/c1-15(2)27-10-9-26-13-17-5-4-6-18(11-17)23-16(3)22(25)24-19-7-8-20-21(12-19)29-14-28-20/h4-8,11-12,15-16,23H,9-10,13-14H2,1-3H3,(H,24,25). The Kier molecular flexibility index (Phi) is 7.32. The van der Waals surface area contributed by atoms with E-state index in [2.05, 4.69) is 10.6 Å². The normalized spacial score (nSPS) is 13.4. The number of benzene rings is 2. The van der Waals surface area contributed by atoms with Crippen molar-refractivity contribution >= 4 is 17.3 Å². The molecule has 0 saturated heterocycles. The third-order valence-electron chi connectivity index (χ3n) is 4.29. The highest BCUT2D eigenvalue weighted by molar-refractivity contribution is 5.96. The molecule has 1 aliphatic rings. The number of amides is 1. The quantitative estimate of drug-likeness (QED) is 0.591. The monoisotopic (exact) mass is 400 g/mol. The average molecular weight is 400 g/mol. The van der Waals surface area contributed by atoms with Gasteiger partial charge in [-0.25, -0.2) is 0 Å². The first-order valence-electron chi connectivity index (χ1n) is 9.76. The third kappa shape index (κ3) is 6.37. The van der Waals surface area contributed by atoms with Gasteiger partial charge < -0.3 is 29.6 Å². The minimum Gasteiger partial charge on any atom is -0.454 e. The molecule has 0 radical (unpaired) electrons. The van der Waals surface area contributed by atoms with Crippen LogP contribution in [0.1, 0.15) is 26.3 Å². The van der Waals surface area contributed by atoms with Crippen molar-refractivity contribution in [3.8, 4) is 11.5 Å². The van der Waals surface area contributed by atoms with Crippen LogP contribution in [0.4, 0.5) is 11.4 Å². The summed E-state index contributed by atoms with van der Waals surface area (Å²) in [6, 6.07) is 12.7. The summed E-state index contributed by atoms with van der Waals surface area (Å²) in [5.41, 5.74) is 2.56. The highest BCUT2D eigenvalue weighted by Crippen LogP contribution is 2.34. The highest BCUT2D eigenvalue weighted by Gasteiger charge is 2.17. The van der Waals surface area contributed by atoms with E-state index in [1.165, 1.54) is 0 Å². The number of carbonyl (C=O) groups is 1. The molecule has 0 saturated carbocycles. The number of ether oxygens (including phenoxy) is 4. The number of hydrogen-bond donors (Lipinski definition) is 2. The van der Waals surface area contributed by atoms with Crippen LogP contribution >= 0.6 is 0 Å². The fraction of sp³-hybridized carbons (Fsp3) is 0.409. The van der Waals surface area contributed by atoms with E-state index in [1.807, 2.05) is 45.0 Å². The molecule has 156 valence electrons. The molecule has 1 aliphatic heterocycles. The van der Waals surface area contributed by atoms with Crippen LogP contribution < -0.4 is 20.1 Å². The van der Waals surface area contributed by atoms with Gasteiger partial charge in [-0.2, -0.15) is 0 Å². The van der Waals surface area contributed by atoms with Crippen molar-refractivity contribution in [3.63, 3.8) is 0 Å². The van der Waals surface area contributed by atoms with E-state index in [0.29, 0.717) is 37.0 Å². The lowest BCUT2D eigenvalue weighted by atomic mass is 10.2. The number of anilines is 2. The van der Waals surface area contributed by atoms with Crippen LogP contribution in [-0.2, 0) is 20.9 Å². The fourth-order valence-corrected chi connectivity index (χ4v) is 2.82. The third-order valence-corrected chi connectivity index (χ3v) is 4.29. The molecule has 0 aromatic heterocycles. The fourth-order valence-electron chi connectivity index (χ4n) is 2.82. The molecule has 2 aromatic carbocycles. The Morgan fingerprint density at radius 3 is 2.69 bits per heavy atom. The molecule has 0 aliphatic carbocycles. The summed E-state index contributed by atoms with van der Waals surface area (Å²) >= 11 is 0. The molecule has 1 unspecified atom stereocenters. The summed E-state index contributed by atoms with van der Waals surface area (Å²) in [4.78, 5) is 12.5. The van der Waals surface area contributed by atoms with Crippen molar-refractivity contribution in [1.29, 1.82) is 0 Å². The van der Waals surface area contributed by atoms with Gasteiger partial charge in [-0.15, -0.1) is 0 Å². The molecule has 0 fully saturated rings. The van der Waals surface area contributed by atoms with Crippen molar-refractivity contribution < 1.29 is 23.7 Å². The van der Waals surface area contributed by atoms with Gasteiger partial charge in [-0.1, -0.05) is 12.1 Å². The SMILES string of the molecule is CC(C)OCCOCc1cccc(NC(C)C(=O)Nc2ccc3c(c2)OCO3)c1. The van der Waals surface area contributed by atoms with E-state index in [1.54, 1.807) is 18.2 Å². The molecule has 1 heterocycles. The van der Waals surface area contributed by atoms with E-state index < -0.39 is 6.04 Å². The Balaban J connectivity index is 1.48. The molecule has 7 heteroatoms. The molecule has 29 heavy (non-hydrogen) atoms. The van der Waals surface area contributed by atoms with Crippen LogP contribution in [0.5, 0.6) is 11.5 Å². The predicted molar refractivity (Wildman–Crippen MR) is 111 cm³/mol. The Bertz CT molecular complexity index is 825. The molecular formula is C22H28N2O5. The molecule has 2 aromatic rings. The molecular weight excluding hydrogens is 372 g/mol. The number of nitrogens with one attached hydrogen (secondary N) is 2. The van der Waals surface area contributed by atoms with Crippen molar-refractivity contribution in [2.24, 2.45) is 0 Å². The average Bonchev–Trinajstić information content (AvgIpc) is 3.15. The maximum absolute atomic E-state index is 12.5. The molecule has 0 bridgehead atoms. The van der Waals surface area contributed by atoms with Crippen molar-refractivity contribution in [2.45, 2.75) is 39.5 Å².